The summed E-state index contributed by atoms with van der Waals surface area (Å²) in [6, 6.07) is 5.75. The van der Waals surface area contributed by atoms with E-state index < -0.39 is 20.7 Å². The highest BCUT2D eigenvalue weighted by molar-refractivity contribution is 9.10. The molecule has 2 N–H and O–H groups in total. The van der Waals surface area contributed by atoms with Crippen LogP contribution in [0.5, 0.6) is 0 Å². The van der Waals surface area contributed by atoms with Gasteiger partial charge in [0.15, 0.2) is 5.82 Å². The van der Waals surface area contributed by atoms with Crippen LogP contribution >= 0.6 is 27.5 Å². The molecule has 2 aromatic rings. The highest BCUT2D eigenvalue weighted by atomic mass is 79.9. The molecule has 2 rings (SSSR count). The molecule has 0 spiro atoms. The van der Waals surface area contributed by atoms with Gasteiger partial charge in [0.1, 0.15) is 10.7 Å². The standard InChI is InChI=1S/C12H10BrClFN3O2S/c1-18(9-4-2-3-5-17-9)21(19,20)8-6-7(14)10(13)12(16)11(8)15/h2-6H,16H2,1H3. The quantitative estimate of drug-likeness (QED) is 0.641. The second kappa shape index (κ2) is 5.78. The minimum Gasteiger partial charge on any atom is -0.395 e. The highest BCUT2D eigenvalue weighted by Gasteiger charge is 2.28. The van der Waals surface area contributed by atoms with Crippen LogP contribution in [0.4, 0.5) is 15.9 Å². The molecular weight excluding hydrogens is 385 g/mol. The lowest BCUT2D eigenvalue weighted by molar-refractivity contribution is 0.567. The zero-order valence-corrected chi connectivity index (χ0v) is 13.9. The summed E-state index contributed by atoms with van der Waals surface area (Å²) in [7, 11) is -2.91. The van der Waals surface area contributed by atoms with E-state index in [1.54, 1.807) is 12.1 Å². The highest BCUT2D eigenvalue weighted by Crippen LogP contribution is 2.36. The van der Waals surface area contributed by atoms with E-state index in [9.17, 15) is 12.8 Å². The normalized spacial score (nSPS) is 11.4. The van der Waals surface area contributed by atoms with E-state index in [2.05, 4.69) is 20.9 Å². The lowest BCUT2D eigenvalue weighted by atomic mass is 10.3. The zero-order chi connectivity index (χ0) is 15.8. The summed E-state index contributed by atoms with van der Waals surface area (Å²) < 4.78 is 40.1. The van der Waals surface area contributed by atoms with Crippen LogP contribution in [0.25, 0.3) is 0 Å². The molecule has 21 heavy (non-hydrogen) atoms. The van der Waals surface area contributed by atoms with Crippen molar-refractivity contribution in [2.45, 2.75) is 4.90 Å². The molecule has 0 radical (unpaired) electrons. The molecule has 1 heterocycles. The van der Waals surface area contributed by atoms with Gasteiger partial charge in [0, 0.05) is 13.2 Å². The molecule has 0 bridgehead atoms. The Hall–Kier alpha value is -1.38. The van der Waals surface area contributed by atoms with Crippen LogP contribution in [0.3, 0.4) is 0 Å². The molecule has 1 aromatic heterocycles. The van der Waals surface area contributed by atoms with Gasteiger partial charge in [-0.1, -0.05) is 17.7 Å². The van der Waals surface area contributed by atoms with Crippen molar-refractivity contribution in [2.24, 2.45) is 0 Å². The Morgan fingerprint density at radius 2 is 2.10 bits per heavy atom. The fraction of sp³-hybridized carbons (Fsp3) is 0.0833. The second-order valence-corrected chi connectivity index (χ2v) is 7.20. The van der Waals surface area contributed by atoms with Gasteiger partial charge in [-0.05, 0) is 34.1 Å². The van der Waals surface area contributed by atoms with Gasteiger partial charge in [-0.25, -0.2) is 17.8 Å². The summed E-state index contributed by atoms with van der Waals surface area (Å²) >= 11 is 8.85. The lowest BCUT2D eigenvalue weighted by Gasteiger charge is -2.19. The molecule has 0 saturated carbocycles. The first kappa shape index (κ1) is 16.0. The molecule has 0 aliphatic rings. The smallest absolute Gasteiger partial charge is 0.268 e. The number of rotatable bonds is 3. The third-order valence-corrected chi connectivity index (χ3v) is 5.91. The fourth-order valence-electron chi connectivity index (χ4n) is 1.60. The summed E-state index contributed by atoms with van der Waals surface area (Å²) in [6.45, 7) is 0. The average molecular weight is 395 g/mol. The SMILES string of the molecule is CN(c1ccccn1)S(=O)(=O)c1cc(Cl)c(Br)c(N)c1F. The number of nitrogens with two attached hydrogens (primary N) is 1. The van der Waals surface area contributed by atoms with Crippen LogP contribution in [0.15, 0.2) is 39.8 Å². The molecule has 0 fully saturated rings. The Morgan fingerprint density at radius 1 is 1.43 bits per heavy atom. The van der Waals surface area contributed by atoms with Crippen molar-refractivity contribution in [2.75, 3.05) is 17.1 Å². The molecular formula is C12H10BrClFN3O2S. The Balaban J connectivity index is 2.61. The average Bonchev–Trinajstić information content (AvgIpc) is 2.48. The van der Waals surface area contributed by atoms with Crippen LogP contribution in [0.2, 0.25) is 5.02 Å². The number of nitrogens with zero attached hydrogens (tertiary/aromatic N) is 2. The van der Waals surface area contributed by atoms with Crippen LogP contribution in [0.1, 0.15) is 0 Å². The van der Waals surface area contributed by atoms with Crippen molar-refractivity contribution in [3.63, 3.8) is 0 Å². The van der Waals surface area contributed by atoms with Crippen LogP contribution in [-0.2, 0) is 10.0 Å². The largest absolute Gasteiger partial charge is 0.395 e. The Bertz CT molecular complexity index is 787. The van der Waals surface area contributed by atoms with Crippen LogP contribution in [-0.4, -0.2) is 20.4 Å². The first-order valence-corrected chi connectivity index (χ1v) is 8.21. The van der Waals surface area contributed by atoms with Crippen molar-refractivity contribution in [1.29, 1.82) is 0 Å². The van der Waals surface area contributed by atoms with E-state index in [0.29, 0.717) is 0 Å². The third kappa shape index (κ3) is 2.83. The van der Waals surface area contributed by atoms with Gasteiger partial charge in [0.2, 0.25) is 0 Å². The summed E-state index contributed by atoms with van der Waals surface area (Å²) in [5.74, 6) is -0.913. The minimum absolute atomic E-state index is 0.00176. The number of anilines is 2. The Kier molecular flexibility index (Phi) is 4.40. The predicted octanol–water partition coefficient (Wildman–Crippen LogP) is 3.04. The van der Waals surface area contributed by atoms with Crippen molar-refractivity contribution in [3.8, 4) is 0 Å². The van der Waals surface area contributed by atoms with E-state index in [-0.39, 0.29) is 21.0 Å². The van der Waals surface area contributed by atoms with E-state index in [1.807, 2.05) is 0 Å². The number of nitrogen functional groups attached to an aromatic ring is 1. The molecule has 0 aliphatic heterocycles. The first-order chi connectivity index (χ1) is 9.76. The molecule has 0 atom stereocenters. The first-order valence-electron chi connectivity index (χ1n) is 5.59. The van der Waals surface area contributed by atoms with E-state index >= 15 is 0 Å². The third-order valence-electron chi connectivity index (χ3n) is 2.77. The second-order valence-electron chi connectivity index (χ2n) is 4.06. The molecule has 0 unspecified atom stereocenters. The maximum atomic E-state index is 14.2. The minimum atomic E-state index is -4.17. The maximum Gasteiger partial charge on any atom is 0.268 e. The van der Waals surface area contributed by atoms with Crippen molar-refractivity contribution >= 4 is 49.1 Å². The van der Waals surface area contributed by atoms with Crippen LogP contribution in [0, 0.1) is 5.82 Å². The molecule has 0 aliphatic carbocycles. The number of aromatic nitrogens is 1. The van der Waals surface area contributed by atoms with Crippen molar-refractivity contribution in [3.05, 3.63) is 45.8 Å². The summed E-state index contributed by atoms with van der Waals surface area (Å²) in [5.41, 5.74) is 5.15. The van der Waals surface area contributed by atoms with Crippen molar-refractivity contribution < 1.29 is 12.8 Å². The molecule has 9 heteroatoms. The van der Waals surface area contributed by atoms with Gasteiger partial charge in [-0.3, -0.25) is 4.31 Å². The Labute approximate surface area is 134 Å². The number of halogens is 3. The topological polar surface area (TPSA) is 76.3 Å². The number of sulfonamides is 1. The molecule has 0 saturated heterocycles. The van der Waals surface area contributed by atoms with Gasteiger partial charge >= 0.3 is 0 Å². The number of hydrogen-bond acceptors (Lipinski definition) is 4. The summed E-state index contributed by atoms with van der Waals surface area (Å²) in [5, 5.41) is 0.00176. The number of hydrogen-bond donors (Lipinski definition) is 1. The number of pyridine rings is 1. The molecule has 1 aromatic carbocycles. The lowest BCUT2D eigenvalue weighted by Crippen LogP contribution is -2.28. The van der Waals surface area contributed by atoms with Gasteiger partial charge < -0.3 is 5.73 Å². The van der Waals surface area contributed by atoms with E-state index in [1.165, 1.54) is 19.3 Å². The van der Waals surface area contributed by atoms with Crippen LogP contribution < -0.4 is 10.0 Å². The zero-order valence-electron chi connectivity index (χ0n) is 10.7. The molecule has 5 nitrogen and oxygen atoms in total. The maximum absolute atomic E-state index is 14.2. The summed E-state index contributed by atoms with van der Waals surface area (Å²) in [6.07, 6.45) is 1.43. The van der Waals surface area contributed by atoms with Gasteiger partial charge in [-0.2, -0.15) is 0 Å². The van der Waals surface area contributed by atoms with Crippen molar-refractivity contribution in [1.82, 2.24) is 4.98 Å². The monoisotopic (exact) mass is 393 g/mol. The van der Waals surface area contributed by atoms with Gasteiger partial charge in [-0.15, -0.1) is 0 Å². The van der Waals surface area contributed by atoms with Gasteiger partial charge in [0.25, 0.3) is 10.0 Å². The summed E-state index contributed by atoms with van der Waals surface area (Å²) in [4.78, 5) is 3.30. The van der Waals surface area contributed by atoms with E-state index in [0.717, 1.165) is 10.4 Å². The number of benzene rings is 1. The van der Waals surface area contributed by atoms with E-state index in [4.69, 9.17) is 17.3 Å². The molecule has 0 amide bonds. The predicted molar refractivity (Wildman–Crippen MR) is 83.3 cm³/mol. The van der Waals surface area contributed by atoms with Gasteiger partial charge in [0.05, 0.1) is 15.2 Å². The Morgan fingerprint density at radius 3 is 2.67 bits per heavy atom. The fourth-order valence-corrected chi connectivity index (χ4v) is 3.41. The molecule has 112 valence electrons.